The van der Waals surface area contributed by atoms with E-state index in [-0.39, 0.29) is 24.9 Å². The smallest absolute Gasteiger partial charge is 0.241 e. The third-order valence-electron chi connectivity index (χ3n) is 4.69. The number of carbonyl (C=O) groups excluding carboxylic acids is 2. The Kier molecular flexibility index (Phi) is 6.29. The van der Waals surface area contributed by atoms with Gasteiger partial charge in [-0.1, -0.05) is 34.1 Å². The van der Waals surface area contributed by atoms with Gasteiger partial charge in [0.15, 0.2) is 0 Å². The molecule has 0 atom stereocenters. The van der Waals surface area contributed by atoms with Crippen LogP contribution >= 0.6 is 15.9 Å². The summed E-state index contributed by atoms with van der Waals surface area (Å²) in [6.07, 6.45) is 1.97. The number of benzene rings is 2. The fourth-order valence-corrected chi connectivity index (χ4v) is 3.84. The van der Waals surface area contributed by atoms with Gasteiger partial charge in [-0.2, -0.15) is 0 Å². The van der Waals surface area contributed by atoms with Crippen molar-refractivity contribution in [3.63, 3.8) is 0 Å². The first-order valence-electron chi connectivity index (χ1n) is 9.07. The molecule has 1 aliphatic heterocycles. The molecule has 1 heterocycles. The van der Waals surface area contributed by atoms with E-state index in [9.17, 15) is 9.59 Å². The quantitative estimate of drug-likeness (QED) is 0.789. The van der Waals surface area contributed by atoms with E-state index in [0.717, 1.165) is 40.8 Å². The van der Waals surface area contributed by atoms with E-state index >= 15 is 0 Å². The number of rotatable bonds is 5. The lowest BCUT2D eigenvalue weighted by Crippen LogP contribution is -2.43. The van der Waals surface area contributed by atoms with Gasteiger partial charge in [-0.15, -0.1) is 0 Å². The molecule has 5 nitrogen and oxygen atoms in total. The monoisotopic (exact) mass is 429 g/mol. The highest BCUT2D eigenvalue weighted by Crippen LogP contribution is 2.26. The number of fused-ring (bicyclic) bond motifs is 1. The molecule has 0 fully saturated rings. The van der Waals surface area contributed by atoms with E-state index < -0.39 is 0 Å². The van der Waals surface area contributed by atoms with Crippen molar-refractivity contribution in [2.24, 2.45) is 0 Å². The van der Waals surface area contributed by atoms with E-state index in [2.05, 4.69) is 27.3 Å². The lowest BCUT2D eigenvalue weighted by molar-refractivity contribution is -0.121. The summed E-state index contributed by atoms with van der Waals surface area (Å²) in [4.78, 5) is 28.7. The number of nitrogens with one attached hydrogen (secondary N) is 1. The third-order valence-corrected chi connectivity index (χ3v) is 5.19. The largest absolute Gasteiger partial charge is 0.325 e. The Morgan fingerprint density at radius 2 is 1.96 bits per heavy atom. The lowest BCUT2D eigenvalue weighted by atomic mass is 10.0. The number of nitrogens with zero attached hydrogens (tertiary/aromatic N) is 2. The molecular weight excluding hydrogens is 406 g/mol. The van der Waals surface area contributed by atoms with Crippen LogP contribution in [0.2, 0.25) is 0 Å². The minimum Gasteiger partial charge on any atom is -0.325 e. The van der Waals surface area contributed by atoms with Crippen molar-refractivity contribution in [2.75, 3.05) is 36.9 Å². The van der Waals surface area contributed by atoms with E-state index in [4.69, 9.17) is 0 Å². The van der Waals surface area contributed by atoms with Crippen LogP contribution in [0.4, 0.5) is 11.4 Å². The van der Waals surface area contributed by atoms with Gasteiger partial charge in [-0.3, -0.25) is 14.5 Å². The molecule has 6 heteroatoms. The topological polar surface area (TPSA) is 52.7 Å². The molecule has 0 aliphatic carbocycles. The average molecular weight is 430 g/mol. The van der Waals surface area contributed by atoms with Crippen LogP contribution in [0.25, 0.3) is 0 Å². The van der Waals surface area contributed by atoms with Crippen LogP contribution in [-0.2, 0) is 16.0 Å². The second-order valence-electron chi connectivity index (χ2n) is 6.96. The Bertz CT molecular complexity index is 853. The molecule has 142 valence electrons. The van der Waals surface area contributed by atoms with Crippen LogP contribution in [0.15, 0.2) is 46.9 Å². The van der Waals surface area contributed by atoms with Gasteiger partial charge in [0.1, 0.15) is 0 Å². The Morgan fingerprint density at radius 1 is 1.19 bits per heavy atom. The van der Waals surface area contributed by atoms with Gasteiger partial charge >= 0.3 is 0 Å². The number of para-hydroxylation sites is 1. The van der Waals surface area contributed by atoms with Gasteiger partial charge < -0.3 is 10.2 Å². The molecular formula is C21H24BrN3O2. The highest BCUT2D eigenvalue weighted by molar-refractivity contribution is 9.10. The predicted octanol–water partition coefficient (Wildman–Crippen LogP) is 3.61. The Balaban J connectivity index is 1.57. The van der Waals surface area contributed by atoms with E-state index in [1.54, 1.807) is 11.9 Å². The van der Waals surface area contributed by atoms with Gasteiger partial charge in [-0.05, 0) is 62.2 Å². The normalized spacial score (nSPS) is 13.4. The van der Waals surface area contributed by atoms with E-state index in [0.29, 0.717) is 0 Å². The predicted molar refractivity (Wildman–Crippen MR) is 112 cm³/mol. The van der Waals surface area contributed by atoms with Gasteiger partial charge in [0.2, 0.25) is 11.8 Å². The minimum atomic E-state index is -0.130. The van der Waals surface area contributed by atoms with Gasteiger partial charge in [0.25, 0.3) is 0 Å². The molecule has 27 heavy (non-hydrogen) atoms. The SMILES string of the molecule is Cc1cc(Br)ccc1NC(=O)CN(C)CC(=O)N1CCCc2ccccc21. The Hall–Kier alpha value is -2.18. The molecule has 0 saturated carbocycles. The highest BCUT2D eigenvalue weighted by atomic mass is 79.9. The van der Waals surface area contributed by atoms with E-state index in [1.807, 2.05) is 48.2 Å². The number of amides is 2. The van der Waals surface area contributed by atoms with Gasteiger partial charge in [0, 0.05) is 22.4 Å². The summed E-state index contributed by atoms with van der Waals surface area (Å²) in [6, 6.07) is 13.8. The van der Waals surface area contributed by atoms with E-state index in [1.165, 1.54) is 5.56 Å². The first-order chi connectivity index (χ1) is 12.9. The summed E-state index contributed by atoms with van der Waals surface area (Å²) in [5.74, 6) is -0.105. The zero-order valence-corrected chi connectivity index (χ0v) is 17.3. The fourth-order valence-electron chi connectivity index (χ4n) is 3.37. The zero-order valence-electron chi connectivity index (χ0n) is 15.7. The van der Waals surface area contributed by atoms with Crippen molar-refractivity contribution in [1.82, 2.24) is 4.90 Å². The maximum absolute atomic E-state index is 12.7. The molecule has 1 N–H and O–H groups in total. The van der Waals surface area contributed by atoms with Crippen molar-refractivity contribution >= 4 is 39.1 Å². The molecule has 2 amide bonds. The summed E-state index contributed by atoms with van der Waals surface area (Å²) in [7, 11) is 1.79. The van der Waals surface area contributed by atoms with Crippen LogP contribution in [0.3, 0.4) is 0 Å². The fraction of sp³-hybridized carbons (Fsp3) is 0.333. The first-order valence-corrected chi connectivity index (χ1v) is 9.86. The molecule has 0 bridgehead atoms. The third kappa shape index (κ3) is 4.96. The molecule has 0 unspecified atom stereocenters. The number of hydrogen-bond acceptors (Lipinski definition) is 3. The first kappa shape index (κ1) is 19.6. The van der Waals surface area contributed by atoms with Crippen molar-refractivity contribution in [2.45, 2.75) is 19.8 Å². The standard InChI is InChI=1S/C21H24BrN3O2/c1-15-12-17(22)9-10-18(15)23-20(26)13-24(2)14-21(27)25-11-5-7-16-6-3-4-8-19(16)25/h3-4,6,8-10,12H,5,7,11,13-14H2,1-2H3,(H,23,26). The number of aryl methyl sites for hydroxylation is 2. The molecule has 0 saturated heterocycles. The summed E-state index contributed by atoms with van der Waals surface area (Å²) in [5.41, 5.74) is 3.98. The molecule has 3 rings (SSSR count). The summed E-state index contributed by atoms with van der Waals surface area (Å²) >= 11 is 3.42. The molecule has 2 aromatic rings. The maximum atomic E-state index is 12.7. The maximum Gasteiger partial charge on any atom is 0.241 e. The second kappa shape index (κ2) is 8.67. The van der Waals surface area contributed by atoms with Gasteiger partial charge in [-0.25, -0.2) is 0 Å². The second-order valence-corrected chi connectivity index (χ2v) is 7.87. The van der Waals surface area contributed by atoms with Crippen molar-refractivity contribution in [1.29, 1.82) is 0 Å². The summed E-state index contributed by atoms with van der Waals surface area (Å²) in [5, 5.41) is 2.91. The van der Waals surface area contributed by atoms with Crippen molar-refractivity contribution < 1.29 is 9.59 Å². The van der Waals surface area contributed by atoms with Crippen LogP contribution in [0.1, 0.15) is 17.5 Å². The molecule has 0 aromatic heterocycles. The number of anilines is 2. The van der Waals surface area contributed by atoms with Gasteiger partial charge in [0.05, 0.1) is 13.1 Å². The molecule has 0 radical (unpaired) electrons. The lowest BCUT2D eigenvalue weighted by Gasteiger charge is -2.30. The molecule has 0 spiro atoms. The van der Waals surface area contributed by atoms with Crippen LogP contribution < -0.4 is 10.2 Å². The Morgan fingerprint density at radius 3 is 2.74 bits per heavy atom. The highest BCUT2D eigenvalue weighted by Gasteiger charge is 2.23. The Labute approximate surface area is 168 Å². The van der Waals surface area contributed by atoms with Crippen LogP contribution in [0, 0.1) is 6.92 Å². The zero-order chi connectivity index (χ0) is 19.4. The number of likely N-dealkylation sites (N-methyl/N-ethyl adjacent to an activating group) is 1. The summed E-state index contributed by atoms with van der Waals surface area (Å²) in [6.45, 7) is 3.05. The van der Waals surface area contributed by atoms with Crippen LogP contribution in [-0.4, -0.2) is 43.4 Å². The number of halogens is 1. The molecule has 1 aliphatic rings. The van der Waals surface area contributed by atoms with Crippen LogP contribution in [0.5, 0.6) is 0 Å². The number of hydrogen-bond donors (Lipinski definition) is 1. The molecule has 2 aromatic carbocycles. The van der Waals surface area contributed by atoms with Crippen molar-refractivity contribution in [3.8, 4) is 0 Å². The average Bonchev–Trinajstić information content (AvgIpc) is 2.63. The number of carbonyl (C=O) groups is 2. The summed E-state index contributed by atoms with van der Waals surface area (Å²) < 4.78 is 0.975. The minimum absolute atomic E-state index is 0.0253. The van der Waals surface area contributed by atoms with Crippen molar-refractivity contribution in [3.05, 3.63) is 58.1 Å².